The van der Waals surface area contributed by atoms with Crippen LogP contribution in [0.1, 0.15) is 28.8 Å². The number of Topliss-reactive ketones (excluding diaryl/α,β-unsaturated/α-hetero) is 1. The molecule has 0 amide bonds. The van der Waals surface area contributed by atoms with E-state index in [1.165, 1.54) is 0 Å². The van der Waals surface area contributed by atoms with E-state index in [4.69, 9.17) is 9.47 Å². The highest BCUT2D eigenvalue weighted by Gasteiger charge is 2.19. The number of ketones is 1. The van der Waals surface area contributed by atoms with Crippen molar-refractivity contribution in [2.24, 2.45) is 0 Å². The molecule has 2 aliphatic heterocycles. The fourth-order valence-corrected chi connectivity index (χ4v) is 2.19. The number of carbonyl (C=O) groups excluding carboxylic acids is 1. The molecule has 0 unspecified atom stereocenters. The van der Waals surface area contributed by atoms with Gasteiger partial charge in [-0.1, -0.05) is 0 Å². The first kappa shape index (κ1) is 10.4. The van der Waals surface area contributed by atoms with Crippen molar-refractivity contribution in [3.8, 4) is 5.75 Å². The number of benzene rings is 1. The normalized spacial score (nSPS) is 17.8. The summed E-state index contributed by atoms with van der Waals surface area (Å²) in [6, 6.07) is 5.60. The lowest BCUT2D eigenvalue weighted by atomic mass is 10.0. The van der Waals surface area contributed by atoms with Crippen molar-refractivity contribution in [2.75, 3.05) is 13.2 Å². The molecule has 0 saturated heterocycles. The standard InChI is InChI=1S/C14H14O3/c15-14(13-3-1-2-7-16-13)11-4-5-12-10(9-11)6-8-17-12/h3-5,9H,1-2,6-8H2. The van der Waals surface area contributed by atoms with E-state index in [-0.39, 0.29) is 5.78 Å². The molecule has 3 rings (SSSR count). The topological polar surface area (TPSA) is 35.5 Å². The first-order valence-corrected chi connectivity index (χ1v) is 5.98. The molecule has 0 aromatic heterocycles. The summed E-state index contributed by atoms with van der Waals surface area (Å²) in [4.78, 5) is 12.2. The SMILES string of the molecule is O=C(C1=CCCCO1)c1ccc2c(c1)CCO2. The van der Waals surface area contributed by atoms with Gasteiger partial charge in [-0.3, -0.25) is 4.79 Å². The minimum atomic E-state index is -0.0144. The molecule has 2 aliphatic rings. The third-order valence-corrected chi connectivity index (χ3v) is 3.11. The number of hydrogen-bond donors (Lipinski definition) is 0. The lowest BCUT2D eigenvalue weighted by molar-refractivity contribution is 0.0899. The van der Waals surface area contributed by atoms with Gasteiger partial charge in [-0.15, -0.1) is 0 Å². The van der Waals surface area contributed by atoms with Gasteiger partial charge in [0.1, 0.15) is 5.75 Å². The van der Waals surface area contributed by atoms with E-state index in [0.717, 1.165) is 30.6 Å². The van der Waals surface area contributed by atoms with Crippen molar-refractivity contribution in [2.45, 2.75) is 19.3 Å². The van der Waals surface area contributed by atoms with Gasteiger partial charge in [0.15, 0.2) is 5.76 Å². The molecule has 2 heterocycles. The van der Waals surface area contributed by atoms with Gasteiger partial charge in [0.2, 0.25) is 5.78 Å². The summed E-state index contributed by atoms with van der Waals surface area (Å²) in [7, 11) is 0. The van der Waals surface area contributed by atoms with Crippen molar-refractivity contribution < 1.29 is 14.3 Å². The molecular weight excluding hydrogens is 216 g/mol. The van der Waals surface area contributed by atoms with E-state index in [9.17, 15) is 4.79 Å². The van der Waals surface area contributed by atoms with Crippen LogP contribution in [0.3, 0.4) is 0 Å². The van der Waals surface area contributed by atoms with Crippen LogP contribution in [-0.2, 0) is 11.2 Å². The Bertz CT molecular complexity index is 488. The van der Waals surface area contributed by atoms with Crippen LogP contribution in [0.25, 0.3) is 0 Å². The Morgan fingerprint density at radius 1 is 1.18 bits per heavy atom. The second kappa shape index (κ2) is 4.24. The molecule has 0 atom stereocenters. The fraction of sp³-hybridized carbons (Fsp3) is 0.357. The molecule has 0 aliphatic carbocycles. The molecule has 1 aromatic carbocycles. The van der Waals surface area contributed by atoms with Crippen LogP contribution < -0.4 is 4.74 Å². The first-order valence-electron chi connectivity index (χ1n) is 5.98. The maximum atomic E-state index is 12.2. The number of allylic oxidation sites excluding steroid dienone is 2. The Morgan fingerprint density at radius 3 is 2.94 bits per heavy atom. The Hall–Kier alpha value is -1.77. The maximum absolute atomic E-state index is 12.2. The number of hydrogen-bond acceptors (Lipinski definition) is 3. The smallest absolute Gasteiger partial charge is 0.227 e. The van der Waals surface area contributed by atoms with Gasteiger partial charge in [-0.2, -0.15) is 0 Å². The van der Waals surface area contributed by atoms with E-state index >= 15 is 0 Å². The molecule has 0 spiro atoms. The van der Waals surface area contributed by atoms with Gasteiger partial charge < -0.3 is 9.47 Å². The van der Waals surface area contributed by atoms with E-state index in [1.54, 1.807) is 0 Å². The van der Waals surface area contributed by atoms with Crippen LogP contribution in [0.2, 0.25) is 0 Å². The summed E-state index contributed by atoms with van der Waals surface area (Å²) >= 11 is 0. The van der Waals surface area contributed by atoms with Crippen molar-refractivity contribution in [3.05, 3.63) is 41.2 Å². The first-order chi connectivity index (χ1) is 8.34. The summed E-state index contributed by atoms with van der Waals surface area (Å²) in [6.07, 6.45) is 4.69. The number of rotatable bonds is 2. The molecule has 0 N–H and O–H groups in total. The van der Waals surface area contributed by atoms with Crippen LogP contribution in [0, 0.1) is 0 Å². The zero-order valence-electron chi connectivity index (χ0n) is 9.57. The summed E-state index contributed by atoms with van der Waals surface area (Å²) in [5, 5.41) is 0. The average Bonchev–Trinajstić information content (AvgIpc) is 2.86. The van der Waals surface area contributed by atoms with Crippen LogP contribution >= 0.6 is 0 Å². The number of ether oxygens (including phenoxy) is 2. The van der Waals surface area contributed by atoms with Crippen LogP contribution in [0.5, 0.6) is 5.75 Å². The largest absolute Gasteiger partial charge is 0.493 e. The summed E-state index contributed by atoms with van der Waals surface area (Å²) < 4.78 is 10.8. The third-order valence-electron chi connectivity index (χ3n) is 3.11. The molecule has 17 heavy (non-hydrogen) atoms. The second-order valence-electron chi connectivity index (χ2n) is 4.31. The Kier molecular flexibility index (Phi) is 2.59. The van der Waals surface area contributed by atoms with Crippen LogP contribution in [0.4, 0.5) is 0 Å². The molecule has 88 valence electrons. The van der Waals surface area contributed by atoms with E-state index in [1.807, 2.05) is 24.3 Å². The van der Waals surface area contributed by atoms with E-state index in [2.05, 4.69) is 0 Å². The fourth-order valence-electron chi connectivity index (χ4n) is 2.19. The molecule has 3 nitrogen and oxygen atoms in total. The van der Waals surface area contributed by atoms with Crippen molar-refractivity contribution in [3.63, 3.8) is 0 Å². The molecule has 0 bridgehead atoms. The second-order valence-corrected chi connectivity index (χ2v) is 4.31. The molecule has 0 radical (unpaired) electrons. The zero-order chi connectivity index (χ0) is 11.7. The quantitative estimate of drug-likeness (QED) is 0.732. The molecule has 3 heteroatoms. The predicted octanol–water partition coefficient (Wildman–Crippen LogP) is 2.50. The van der Waals surface area contributed by atoms with Gasteiger partial charge in [-0.25, -0.2) is 0 Å². The Labute approximate surface area is 100 Å². The van der Waals surface area contributed by atoms with Gasteiger partial charge in [0.05, 0.1) is 13.2 Å². The third kappa shape index (κ3) is 1.93. The minimum Gasteiger partial charge on any atom is -0.493 e. The minimum absolute atomic E-state index is 0.0144. The molecule has 0 saturated carbocycles. The van der Waals surface area contributed by atoms with Crippen LogP contribution in [-0.4, -0.2) is 19.0 Å². The van der Waals surface area contributed by atoms with Gasteiger partial charge in [0, 0.05) is 12.0 Å². The summed E-state index contributed by atoms with van der Waals surface area (Å²) in [5.74, 6) is 1.38. The molecular formula is C14H14O3. The van der Waals surface area contributed by atoms with Gasteiger partial charge in [0.25, 0.3) is 0 Å². The highest BCUT2D eigenvalue weighted by molar-refractivity contribution is 6.07. The number of fused-ring (bicyclic) bond motifs is 1. The highest BCUT2D eigenvalue weighted by atomic mass is 16.5. The van der Waals surface area contributed by atoms with E-state index < -0.39 is 0 Å². The lowest BCUT2D eigenvalue weighted by Gasteiger charge is -2.13. The average molecular weight is 230 g/mol. The zero-order valence-corrected chi connectivity index (χ0v) is 9.57. The lowest BCUT2D eigenvalue weighted by Crippen LogP contribution is -2.11. The Balaban J connectivity index is 1.88. The van der Waals surface area contributed by atoms with Crippen molar-refractivity contribution >= 4 is 5.78 Å². The molecule has 1 aromatic rings. The van der Waals surface area contributed by atoms with Crippen LogP contribution in [0.15, 0.2) is 30.0 Å². The number of carbonyl (C=O) groups is 1. The van der Waals surface area contributed by atoms with E-state index in [0.29, 0.717) is 24.5 Å². The maximum Gasteiger partial charge on any atom is 0.227 e. The van der Waals surface area contributed by atoms with Gasteiger partial charge >= 0.3 is 0 Å². The van der Waals surface area contributed by atoms with Crippen molar-refractivity contribution in [1.29, 1.82) is 0 Å². The summed E-state index contributed by atoms with van der Waals surface area (Å²) in [6.45, 7) is 1.36. The molecule has 0 fully saturated rings. The highest BCUT2D eigenvalue weighted by Crippen LogP contribution is 2.27. The monoisotopic (exact) mass is 230 g/mol. The Morgan fingerprint density at radius 2 is 2.12 bits per heavy atom. The van der Waals surface area contributed by atoms with Gasteiger partial charge in [-0.05, 0) is 42.7 Å². The summed E-state index contributed by atoms with van der Waals surface area (Å²) in [5.41, 5.74) is 1.81. The predicted molar refractivity (Wildman–Crippen MR) is 63.2 cm³/mol. The van der Waals surface area contributed by atoms with Crippen molar-refractivity contribution in [1.82, 2.24) is 0 Å².